The lowest BCUT2D eigenvalue weighted by atomic mass is 9.85. The van der Waals surface area contributed by atoms with Gasteiger partial charge in [-0.1, -0.05) is 0 Å². The van der Waals surface area contributed by atoms with Crippen LogP contribution in [-0.4, -0.2) is 24.9 Å². The van der Waals surface area contributed by atoms with Gasteiger partial charge < -0.3 is 33.6 Å². The van der Waals surface area contributed by atoms with E-state index in [1.54, 1.807) is 24.3 Å². The second kappa shape index (κ2) is 8.16. The molecule has 0 atom stereocenters. The number of rotatable bonds is 5. The number of hydrogen-bond acceptors (Lipinski definition) is 8. The zero-order valence-corrected chi connectivity index (χ0v) is 18.6. The highest BCUT2D eigenvalue weighted by Gasteiger charge is 2.46. The highest BCUT2D eigenvalue weighted by atomic mass is 16.2. The number of nitrogens with zero attached hydrogens (tertiary/aromatic N) is 2. The van der Waals surface area contributed by atoms with Crippen LogP contribution in [-0.2, 0) is 35.3 Å². The molecule has 2 aliphatic carbocycles. The molecular weight excluding hydrogens is 432 g/mol. The molecule has 10 nitrogen and oxygen atoms in total. The van der Waals surface area contributed by atoms with Gasteiger partial charge >= 0.3 is 0 Å². The SMILES string of the molecule is N#CC1(C(=O)NCCNC(=O)C2(C#N)Cc3cc(N)c(N)cc3C2)Cc2cc(N)c(N)cc2C1. The predicted octanol–water partition coefficient (Wildman–Crippen LogP) is 0.165. The molecule has 10 heteroatoms. The summed E-state index contributed by atoms with van der Waals surface area (Å²) in [6.45, 7) is 0.228. The first-order valence-electron chi connectivity index (χ1n) is 10.9. The predicted molar refractivity (Wildman–Crippen MR) is 127 cm³/mol. The normalized spacial score (nSPS) is 16.5. The van der Waals surface area contributed by atoms with Crippen molar-refractivity contribution in [3.63, 3.8) is 0 Å². The van der Waals surface area contributed by atoms with Gasteiger partial charge in [-0.25, -0.2) is 0 Å². The monoisotopic (exact) mass is 458 g/mol. The molecule has 174 valence electrons. The first-order valence-corrected chi connectivity index (χ1v) is 10.9. The summed E-state index contributed by atoms with van der Waals surface area (Å²) < 4.78 is 0. The number of nitrogens with one attached hydrogen (secondary N) is 2. The average molecular weight is 459 g/mol. The molecule has 2 aromatic rings. The van der Waals surface area contributed by atoms with Crippen LogP contribution in [0.5, 0.6) is 0 Å². The van der Waals surface area contributed by atoms with Gasteiger partial charge in [-0.2, -0.15) is 10.5 Å². The van der Waals surface area contributed by atoms with Gasteiger partial charge in [-0.3, -0.25) is 9.59 Å². The molecule has 0 unspecified atom stereocenters. The fourth-order valence-electron chi connectivity index (χ4n) is 4.81. The van der Waals surface area contributed by atoms with Gasteiger partial charge in [0, 0.05) is 38.8 Å². The van der Waals surface area contributed by atoms with Crippen LogP contribution >= 0.6 is 0 Å². The smallest absolute Gasteiger partial charge is 0.241 e. The van der Waals surface area contributed by atoms with Crippen molar-refractivity contribution in [1.29, 1.82) is 10.5 Å². The Morgan fingerprint density at radius 2 is 0.941 bits per heavy atom. The standard InChI is InChI=1S/C24H26N8O2/c25-11-23(7-13-3-17(27)18(28)4-14(13)8-23)21(33)31-1-2-32-22(34)24(12-26)9-15-5-19(29)20(30)6-16(15)10-24/h3-6H,1-2,7-10,27-30H2,(H,31,33)(H,32,34). The Morgan fingerprint density at radius 1 is 0.676 bits per heavy atom. The van der Waals surface area contributed by atoms with E-state index in [0.717, 1.165) is 22.3 Å². The van der Waals surface area contributed by atoms with Gasteiger partial charge in [0.25, 0.3) is 0 Å². The molecule has 0 aromatic heterocycles. The molecule has 0 fully saturated rings. The summed E-state index contributed by atoms with van der Waals surface area (Å²) in [7, 11) is 0. The topological polar surface area (TPSA) is 210 Å². The zero-order chi connectivity index (χ0) is 24.7. The van der Waals surface area contributed by atoms with Crippen molar-refractivity contribution in [2.75, 3.05) is 36.0 Å². The van der Waals surface area contributed by atoms with E-state index in [2.05, 4.69) is 22.8 Å². The molecule has 0 saturated heterocycles. The van der Waals surface area contributed by atoms with E-state index < -0.39 is 22.6 Å². The largest absolute Gasteiger partial charge is 0.397 e. The maximum absolute atomic E-state index is 12.9. The molecule has 10 N–H and O–H groups in total. The molecular formula is C24H26N8O2. The Bertz CT molecular complexity index is 1130. The van der Waals surface area contributed by atoms with Crippen molar-refractivity contribution in [1.82, 2.24) is 10.6 Å². The van der Waals surface area contributed by atoms with E-state index in [-0.39, 0.29) is 38.8 Å². The molecule has 0 saturated carbocycles. The zero-order valence-electron chi connectivity index (χ0n) is 18.6. The van der Waals surface area contributed by atoms with E-state index in [1.165, 1.54) is 0 Å². The van der Waals surface area contributed by atoms with E-state index >= 15 is 0 Å². The molecule has 0 spiro atoms. The number of carbonyl (C=O) groups excluding carboxylic acids is 2. The summed E-state index contributed by atoms with van der Waals surface area (Å²) in [4.78, 5) is 25.8. The van der Waals surface area contributed by atoms with Crippen LogP contribution in [0.2, 0.25) is 0 Å². The first-order chi connectivity index (χ1) is 16.1. The van der Waals surface area contributed by atoms with Gasteiger partial charge in [-0.05, 0) is 46.5 Å². The Hall–Kier alpha value is -4.44. The summed E-state index contributed by atoms with van der Waals surface area (Å²) in [6.07, 6.45) is 0.959. The van der Waals surface area contributed by atoms with E-state index in [0.29, 0.717) is 22.7 Å². The number of nitriles is 2. The van der Waals surface area contributed by atoms with Crippen LogP contribution in [0.3, 0.4) is 0 Å². The summed E-state index contributed by atoms with van der Waals surface area (Å²) in [6, 6.07) is 11.1. The second-order valence-corrected chi connectivity index (χ2v) is 9.11. The molecule has 0 heterocycles. The van der Waals surface area contributed by atoms with Crippen LogP contribution in [0.4, 0.5) is 22.7 Å². The lowest BCUT2D eigenvalue weighted by Crippen LogP contribution is -2.46. The molecule has 2 aliphatic rings. The number of nitrogen functional groups attached to an aromatic ring is 4. The van der Waals surface area contributed by atoms with Crippen molar-refractivity contribution in [2.24, 2.45) is 10.8 Å². The Balaban J connectivity index is 1.34. The van der Waals surface area contributed by atoms with E-state index in [9.17, 15) is 20.1 Å². The molecule has 0 radical (unpaired) electrons. The van der Waals surface area contributed by atoms with Crippen molar-refractivity contribution in [2.45, 2.75) is 25.7 Å². The lowest BCUT2D eigenvalue weighted by Gasteiger charge is -2.21. The highest BCUT2D eigenvalue weighted by molar-refractivity contribution is 5.89. The van der Waals surface area contributed by atoms with Crippen molar-refractivity contribution in [3.05, 3.63) is 46.5 Å². The minimum atomic E-state index is -1.26. The van der Waals surface area contributed by atoms with Crippen LogP contribution in [0.1, 0.15) is 22.3 Å². The third kappa shape index (κ3) is 3.69. The fourth-order valence-corrected chi connectivity index (χ4v) is 4.81. The highest BCUT2D eigenvalue weighted by Crippen LogP contribution is 2.40. The number of benzene rings is 2. The van der Waals surface area contributed by atoms with Crippen LogP contribution in [0.15, 0.2) is 24.3 Å². The molecule has 34 heavy (non-hydrogen) atoms. The Labute approximate surface area is 196 Å². The third-order valence-electron chi connectivity index (χ3n) is 6.77. The lowest BCUT2D eigenvalue weighted by molar-refractivity contribution is -0.129. The van der Waals surface area contributed by atoms with Gasteiger partial charge in [0.15, 0.2) is 0 Å². The van der Waals surface area contributed by atoms with Gasteiger partial charge in [0.2, 0.25) is 11.8 Å². The van der Waals surface area contributed by atoms with Gasteiger partial charge in [0.05, 0.1) is 34.9 Å². The Morgan fingerprint density at radius 3 is 1.18 bits per heavy atom. The van der Waals surface area contributed by atoms with Gasteiger partial charge in [0.1, 0.15) is 10.8 Å². The minimum Gasteiger partial charge on any atom is -0.397 e. The van der Waals surface area contributed by atoms with Crippen molar-refractivity contribution in [3.8, 4) is 12.1 Å². The third-order valence-corrected chi connectivity index (χ3v) is 6.77. The number of carbonyl (C=O) groups is 2. The van der Waals surface area contributed by atoms with Crippen LogP contribution < -0.4 is 33.6 Å². The molecule has 0 bridgehead atoms. The van der Waals surface area contributed by atoms with Crippen LogP contribution in [0, 0.1) is 33.5 Å². The van der Waals surface area contributed by atoms with E-state index in [1.807, 2.05) is 0 Å². The summed E-state index contributed by atoms with van der Waals surface area (Å²) in [5.41, 5.74) is 25.9. The minimum absolute atomic E-state index is 0.114. The van der Waals surface area contributed by atoms with Crippen molar-refractivity contribution >= 4 is 34.6 Å². The molecule has 0 aliphatic heterocycles. The number of hydrogen-bond donors (Lipinski definition) is 6. The number of amides is 2. The van der Waals surface area contributed by atoms with Gasteiger partial charge in [-0.15, -0.1) is 0 Å². The van der Waals surface area contributed by atoms with E-state index in [4.69, 9.17) is 22.9 Å². The maximum Gasteiger partial charge on any atom is 0.241 e. The number of nitrogens with two attached hydrogens (primary N) is 4. The van der Waals surface area contributed by atoms with Crippen molar-refractivity contribution < 1.29 is 9.59 Å². The number of fused-ring (bicyclic) bond motifs is 2. The number of anilines is 4. The molecule has 2 aromatic carbocycles. The Kier molecular flexibility index (Phi) is 5.46. The molecule has 4 rings (SSSR count). The molecule has 2 amide bonds. The second-order valence-electron chi connectivity index (χ2n) is 9.11. The summed E-state index contributed by atoms with van der Waals surface area (Å²) >= 11 is 0. The maximum atomic E-state index is 12.9. The summed E-state index contributed by atoms with van der Waals surface area (Å²) in [5, 5.41) is 25.0. The fraction of sp³-hybridized carbons (Fsp3) is 0.333. The summed E-state index contributed by atoms with van der Waals surface area (Å²) in [5.74, 6) is -0.848. The average Bonchev–Trinajstić information content (AvgIpc) is 3.36. The van der Waals surface area contributed by atoms with Crippen LogP contribution in [0.25, 0.3) is 0 Å². The quantitative estimate of drug-likeness (QED) is 0.268. The first kappa shape index (κ1) is 22.7.